The molecule has 4 heteroatoms. The highest BCUT2D eigenvalue weighted by Crippen LogP contribution is 2.23. The molecule has 0 saturated heterocycles. The zero-order valence-corrected chi connectivity index (χ0v) is 11.4. The molecule has 19 heavy (non-hydrogen) atoms. The fourth-order valence-electron chi connectivity index (χ4n) is 2.48. The SMILES string of the molecule is CCOc1ccc(C(=O)CNC2CCCC2)cc1N. The Balaban J connectivity index is 1.92. The van der Waals surface area contributed by atoms with Gasteiger partial charge >= 0.3 is 0 Å². The van der Waals surface area contributed by atoms with Gasteiger partial charge in [-0.2, -0.15) is 0 Å². The minimum Gasteiger partial charge on any atom is -0.492 e. The lowest BCUT2D eigenvalue weighted by Crippen LogP contribution is -2.31. The zero-order chi connectivity index (χ0) is 13.7. The first-order valence-corrected chi connectivity index (χ1v) is 6.99. The van der Waals surface area contributed by atoms with E-state index in [-0.39, 0.29) is 5.78 Å². The molecule has 0 radical (unpaired) electrons. The first kappa shape index (κ1) is 13.9. The average Bonchev–Trinajstić information content (AvgIpc) is 2.91. The van der Waals surface area contributed by atoms with Crippen molar-refractivity contribution in [1.29, 1.82) is 0 Å². The second-order valence-electron chi connectivity index (χ2n) is 4.97. The minimum absolute atomic E-state index is 0.0849. The number of rotatable bonds is 6. The number of nitrogens with two attached hydrogens (primary N) is 1. The van der Waals surface area contributed by atoms with E-state index in [9.17, 15) is 4.79 Å². The van der Waals surface area contributed by atoms with Crippen LogP contribution >= 0.6 is 0 Å². The number of hydrogen-bond donors (Lipinski definition) is 2. The molecule has 1 aliphatic carbocycles. The van der Waals surface area contributed by atoms with Gasteiger partial charge in [0, 0.05) is 11.6 Å². The van der Waals surface area contributed by atoms with Crippen LogP contribution in [0.15, 0.2) is 18.2 Å². The van der Waals surface area contributed by atoms with Crippen molar-refractivity contribution in [1.82, 2.24) is 5.32 Å². The number of nitrogens with one attached hydrogen (secondary N) is 1. The van der Waals surface area contributed by atoms with E-state index in [1.807, 2.05) is 6.92 Å². The Bertz CT molecular complexity index is 440. The van der Waals surface area contributed by atoms with Crippen LogP contribution in [0, 0.1) is 0 Å². The maximum atomic E-state index is 12.1. The fraction of sp³-hybridized carbons (Fsp3) is 0.533. The third kappa shape index (κ3) is 3.70. The molecule has 0 spiro atoms. The maximum Gasteiger partial charge on any atom is 0.176 e. The molecule has 1 fully saturated rings. The van der Waals surface area contributed by atoms with Gasteiger partial charge < -0.3 is 15.8 Å². The molecule has 1 saturated carbocycles. The number of Topliss-reactive ketones (excluding diaryl/α,β-unsaturated/α-hetero) is 1. The summed E-state index contributed by atoms with van der Waals surface area (Å²) in [4.78, 5) is 12.1. The Kier molecular flexibility index (Phi) is 4.80. The number of ether oxygens (including phenoxy) is 1. The molecule has 0 aromatic heterocycles. The third-order valence-corrected chi connectivity index (χ3v) is 3.54. The number of carbonyl (C=O) groups is 1. The summed E-state index contributed by atoms with van der Waals surface area (Å²) in [6.07, 6.45) is 4.89. The zero-order valence-electron chi connectivity index (χ0n) is 11.4. The standard InChI is InChI=1S/C15H22N2O2/c1-2-19-15-8-7-11(9-13(15)16)14(18)10-17-12-5-3-4-6-12/h7-9,12,17H,2-6,10,16H2,1H3. The minimum atomic E-state index is 0.0849. The van der Waals surface area contributed by atoms with Crippen molar-refractivity contribution in [2.45, 2.75) is 38.6 Å². The second-order valence-corrected chi connectivity index (χ2v) is 4.97. The van der Waals surface area contributed by atoms with Crippen LogP contribution in [0.2, 0.25) is 0 Å². The predicted octanol–water partition coefficient (Wildman–Crippen LogP) is 2.38. The number of nitrogen functional groups attached to an aromatic ring is 1. The Labute approximate surface area is 114 Å². The van der Waals surface area contributed by atoms with E-state index in [4.69, 9.17) is 10.5 Å². The number of carbonyl (C=O) groups excluding carboxylic acids is 1. The van der Waals surface area contributed by atoms with E-state index in [1.165, 1.54) is 25.7 Å². The molecule has 0 aliphatic heterocycles. The molecular weight excluding hydrogens is 240 g/mol. The molecule has 0 atom stereocenters. The highest BCUT2D eigenvalue weighted by Gasteiger charge is 2.16. The van der Waals surface area contributed by atoms with Gasteiger partial charge in [-0.1, -0.05) is 12.8 Å². The van der Waals surface area contributed by atoms with Crippen LogP contribution in [0.3, 0.4) is 0 Å². The molecule has 1 aliphatic rings. The summed E-state index contributed by atoms with van der Waals surface area (Å²) in [5.41, 5.74) is 7.03. The molecule has 0 heterocycles. The molecule has 1 aromatic carbocycles. The Morgan fingerprint density at radius 2 is 2.16 bits per heavy atom. The second kappa shape index (κ2) is 6.57. The Hall–Kier alpha value is -1.55. The van der Waals surface area contributed by atoms with E-state index in [0.29, 0.717) is 36.2 Å². The number of benzene rings is 1. The summed E-state index contributed by atoms with van der Waals surface area (Å²) in [5, 5.41) is 3.32. The highest BCUT2D eigenvalue weighted by molar-refractivity contribution is 5.98. The lowest BCUT2D eigenvalue weighted by molar-refractivity contribution is 0.0987. The third-order valence-electron chi connectivity index (χ3n) is 3.54. The van der Waals surface area contributed by atoms with E-state index in [2.05, 4.69) is 5.32 Å². The van der Waals surface area contributed by atoms with Gasteiger partial charge in [-0.15, -0.1) is 0 Å². The van der Waals surface area contributed by atoms with Crippen LogP contribution in [0.1, 0.15) is 43.0 Å². The van der Waals surface area contributed by atoms with Crippen molar-refractivity contribution in [2.24, 2.45) is 0 Å². The molecule has 104 valence electrons. The van der Waals surface area contributed by atoms with Crippen molar-refractivity contribution in [3.63, 3.8) is 0 Å². The van der Waals surface area contributed by atoms with Crippen molar-refractivity contribution in [2.75, 3.05) is 18.9 Å². The quantitative estimate of drug-likeness (QED) is 0.610. The number of ketones is 1. The molecule has 2 rings (SSSR count). The maximum absolute atomic E-state index is 12.1. The smallest absolute Gasteiger partial charge is 0.176 e. The summed E-state index contributed by atoms with van der Waals surface area (Å²) in [6, 6.07) is 5.75. The predicted molar refractivity (Wildman–Crippen MR) is 76.6 cm³/mol. The van der Waals surface area contributed by atoms with Gasteiger partial charge in [0.1, 0.15) is 5.75 Å². The van der Waals surface area contributed by atoms with Crippen molar-refractivity contribution in [3.8, 4) is 5.75 Å². The van der Waals surface area contributed by atoms with E-state index >= 15 is 0 Å². The van der Waals surface area contributed by atoms with E-state index in [0.717, 1.165) is 0 Å². The topological polar surface area (TPSA) is 64.3 Å². The average molecular weight is 262 g/mol. The van der Waals surface area contributed by atoms with E-state index < -0.39 is 0 Å². The summed E-state index contributed by atoms with van der Waals surface area (Å²) in [6.45, 7) is 2.86. The summed E-state index contributed by atoms with van der Waals surface area (Å²) >= 11 is 0. The van der Waals surface area contributed by atoms with Crippen LogP contribution in [0.5, 0.6) is 5.75 Å². The molecule has 0 amide bonds. The largest absolute Gasteiger partial charge is 0.492 e. The summed E-state index contributed by atoms with van der Waals surface area (Å²) in [7, 11) is 0. The number of anilines is 1. The lowest BCUT2D eigenvalue weighted by Gasteiger charge is -2.12. The van der Waals surface area contributed by atoms with Crippen LogP contribution in [0.25, 0.3) is 0 Å². The van der Waals surface area contributed by atoms with E-state index in [1.54, 1.807) is 18.2 Å². The van der Waals surface area contributed by atoms with Gasteiger partial charge in [0.2, 0.25) is 0 Å². The molecule has 0 unspecified atom stereocenters. The monoisotopic (exact) mass is 262 g/mol. The molecule has 4 nitrogen and oxygen atoms in total. The van der Waals surface area contributed by atoms with Gasteiger partial charge in [0.25, 0.3) is 0 Å². The number of hydrogen-bond acceptors (Lipinski definition) is 4. The van der Waals surface area contributed by atoms with Gasteiger partial charge in [0.05, 0.1) is 18.8 Å². The summed E-state index contributed by atoms with van der Waals surface area (Å²) in [5.74, 6) is 0.726. The summed E-state index contributed by atoms with van der Waals surface area (Å²) < 4.78 is 5.36. The molecule has 3 N–H and O–H groups in total. The van der Waals surface area contributed by atoms with Crippen LogP contribution in [-0.2, 0) is 0 Å². The van der Waals surface area contributed by atoms with Crippen LogP contribution in [-0.4, -0.2) is 25.0 Å². The first-order chi connectivity index (χ1) is 9.20. The lowest BCUT2D eigenvalue weighted by atomic mass is 10.1. The molecule has 0 bridgehead atoms. The highest BCUT2D eigenvalue weighted by atomic mass is 16.5. The fourth-order valence-corrected chi connectivity index (χ4v) is 2.48. The Morgan fingerprint density at radius 3 is 2.79 bits per heavy atom. The molecular formula is C15H22N2O2. The normalized spacial score (nSPS) is 15.6. The van der Waals surface area contributed by atoms with Crippen LogP contribution in [0.4, 0.5) is 5.69 Å². The Morgan fingerprint density at radius 1 is 1.42 bits per heavy atom. The van der Waals surface area contributed by atoms with Gasteiger partial charge in [0.15, 0.2) is 5.78 Å². The van der Waals surface area contributed by atoms with Crippen molar-refractivity contribution < 1.29 is 9.53 Å². The molecule has 1 aromatic rings. The van der Waals surface area contributed by atoms with Gasteiger partial charge in [-0.25, -0.2) is 0 Å². The van der Waals surface area contributed by atoms with Crippen molar-refractivity contribution >= 4 is 11.5 Å². The van der Waals surface area contributed by atoms with Crippen LogP contribution < -0.4 is 15.8 Å². The van der Waals surface area contributed by atoms with Gasteiger partial charge in [-0.3, -0.25) is 4.79 Å². The van der Waals surface area contributed by atoms with Crippen molar-refractivity contribution in [3.05, 3.63) is 23.8 Å². The first-order valence-electron chi connectivity index (χ1n) is 6.99. The van der Waals surface area contributed by atoms with Gasteiger partial charge in [-0.05, 0) is 38.0 Å².